The minimum atomic E-state index is -0.104. The van der Waals surface area contributed by atoms with Gasteiger partial charge in [0.05, 0.1) is 6.10 Å². The van der Waals surface area contributed by atoms with Crippen molar-refractivity contribution in [1.29, 1.82) is 0 Å². The Morgan fingerprint density at radius 1 is 1.43 bits per heavy atom. The van der Waals surface area contributed by atoms with Crippen LogP contribution in [0.15, 0.2) is 0 Å². The van der Waals surface area contributed by atoms with Crippen LogP contribution in [0, 0.1) is 23.7 Å². The number of aliphatic hydroxyl groups excluding tert-OH is 1. The van der Waals surface area contributed by atoms with Crippen LogP contribution >= 0.6 is 0 Å². The highest BCUT2D eigenvalue weighted by Crippen LogP contribution is 2.35. The summed E-state index contributed by atoms with van der Waals surface area (Å²) >= 11 is 0. The third-order valence-electron chi connectivity index (χ3n) is 3.45. The lowest BCUT2D eigenvalue weighted by Crippen LogP contribution is -2.17. The zero-order valence-electron chi connectivity index (χ0n) is 9.42. The molecule has 14 heavy (non-hydrogen) atoms. The second-order valence-corrected chi connectivity index (χ2v) is 4.38. The summed E-state index contributed by atoms with van der Waals surface area (Å²) in [5, 5.41) is 9.92. The fraction of sp³-hybridized carbons (Fsp3) is 0.846. The number of hydrogen-bond acceptors (Lipinski definition) is 1. The van der Waals surface area contributed by atoms with Gasteiger partial charge in [-0.05, 0) is 38.0 Å². The van der Waals surface area contributed by atoms with Crippen LogP contribution < -0.4 is 0 Å². The van der Waals surface area contributed by atoms with Gasteiger partial charge in [0.2, 0.25) is 0 Å². The lowest BCUT2D eigenvalue weighted by molar-refractivity contribution is 0.101. The fourth-order valence-corrected chi connectivity index (χ4v) is 2.41. The molecule has 1 saturated carbocycles. The van der Waals surface area contributed by atoms with E-state index in [1.54, 1.807) is 0 Å². The lowest BCUT2D eigenvalue weighted by Gasteiger charge is -2.16. The molecule has 0 aliphatic heterocycles. The van der Waals surface area contributed by atoms with Crippen LogP contribution in [0.3, 0.4) is 0 Å². The maximum atomic E-state index is 9.92. The Kier molecular flexibility index (Phi) is 5.04. The molecule has 0 amide bonds. The molecule has 0 saturated heterocycles. The molecule has 1 N–H and O–H groups in total. The molecule has 1 fully saturated rings. The summed E-state index contributed by atoms with van der Waals surface area (Å²) in [5.41, 5.74) is 0. The van der Waals surface area contributed by atoms with Crippen molar-refractivity contribution in [3.8, 4) is 11.8 Å². The fourth-order valence-electron chi connectivity index (χ4n) is 2.41. The molecule has 0 heterocycles. The Labute approximate surface area is 87.9 Å². The SMILES string of the molecule is CC#CCCC(O)C1CCC(CC)C1. The van der Waals surface area contributed by atoms with E-state index in [0.29, 0.717) is 5.92 Å². The first-order valence-electron chi connectivity index (χ1n) is 5.85. The maximum absolute atomic E-state index is 9.92. The summed E-state index contributed by atoms with van der Waals surface area (Å²) in [7, 11) is 0. The van der Waals surface area contributed by atoms with E-state index in [1.807, 2.05) is 6.92 Å². The van der Waals surface area contributed by atoms with Gasteiger partial charge in [-0.3, -0.25) is 0 Å². The third kappa shape index (κ3) is 3.35. The molecular weight excluding hydrogens is 172 g/mol. The first-order valence-corrected chi connectivity index (χ1v) is 5.85. The second kappa shape index (κ2) is 6.09. The van der Waals surface area contributed by atoms with Crippen LogP contribution in [-0.4, -0.2) is 11.2 Å². The summed E-state index contributed by atoms with van der Waals surface area (Å²) in [4.78, 5) is 0. The Morgan fingerprint density at radius 3 is 2.79 bits per heavy atom. The Hall–Kier alpha value is -0.480. The molecule has 1 aliphatic rings. The van der Waals surface area contributed by atoms with Crippen molar-refractivity contribution in [2.45, 2.75) is 58.5 Å². The smallest absolute Gasteiger partial charge is 0.0577 e. The predicted molar refractivity (Wildman–Crippen MR) is 59.8 cm³/mol. The standard InChI is InChI=1S/C13H22O/c1-3-5-6-7-13(14)12-9-8-11(4-2)10-12/h11-14H,4,6-10H2,1-2H3. The topological polar surface area (TPSA) is 20.2 Å². The quantitative estimate of drug-likeness (QED) is 0.682. The first-order chi connectivity index (χ1) is 6.77. The van der Waals surface area contributed by atoms with Crippen LogP contribution in [0.4, 0.5) is 0 Å². The molecule has 3 atom stereocenters. The second-order valence-electron chi connectivity index (χ2n) is 4.38. The summed E-state index contributed by atoms with van der Waals surface area (Å²) in [6, 6.07) is 0. The minimum absolute atomic E-state index is 0.104. The van der Waals surface area contributed by atoms with Crippen LogP contribution in [0.5, 0.6) is 0 Å². The van der Waals surface area contributed by atoms with Crippen LogP contribution in [0.25, 0.3) is 0 Å². The van der Waals surface area contributed by atoms with Crippen molar-refractivity contribution in [3.63, 3.8) is 0 Å². The molecule has 0 aromatic rings. The van der Waals surface area contributed by atoms with Gasteiger partial charge in [-0.25, -0.2) is 0 Å². The van der Waals surface area contributed by atoms with Crippen molar-refractivity contribution >= 4 is 0 Å². The van der Waals surface area contributed by atoms with Gasteiger partial charge in [0.25, 0.3) is 0 Å². The number of hydrogen-bond donors (Lipinski definition) is 1. The summed E-state index contributed by atoms with van der Waals surface area (Å²) < 4.78 is 0. The Morgan fingerprint density at radius 2 is 2.21 bits per heavy atom. The average molecular weight is 194 g/mol. The molecule has 3 unspecified atom stereocenters. The van der Waals surface area contributed by atoms with Gasteiger partial charge in [-0.1, -0.05) is 19.8 Å². The Bertz CT molecular complexity index is 211. The van der Waals surface area contributed by atoms with Crippen molar-refractivity contribution in [3.05, 3.63) is 0 Å². The highest BCUT2D eigenvalue weighted by molar-refractivity contribution is 4.95. The molecular formula is C13H22O. The lowest BCUT2D eigenvalue weighted by atomic mass is 9.95. The van der Waals surface area contributed by atoms with E-state index in [2.05, 4.69) is 18.8 Å². The molecule has 80 valence electrons. The highest BCUT2D eigenvalue weighted by atomic mass is 16.3. The minimum Gasteiger partial charge on any atom is -0.393 e. The zero-order valence-corrected chi connectivity index (χ0v) is 9.42. The summed E-state index contributed by atoms with van der Waals surface area (Å²) in [6.45, 7) is 4.11. The zero-order chi connectivity index (χ0) is 10.4. The largest absolute Gasteiger partial charge is 0.393 e. The van der Waals surface area contributed by atoms with E-state index in [4.69, 9.17) is 0 Å². The number of aliphatic hydroxyl groups is 1. The molecule has 0 bridgehead atoms. The van der Waals surface area contributed by atoms with Crippen molar-refractivity contribution < 1.29 is 5.11 Å². The molecule has 0 spiro atoms. The van der Waals surface area contributed by atoms with Crippen molar-refractivity contribution in [2.24, 2.45) is 11.8 Å². The summed E-state index contributed by atoms with van der Waals surface area (Å²) in [5.74, 6) is 7.31. The van der Waals surface area contributed by atoms with E-state index < -0.39 is 0 Å². The highest BCUT2D eigenvalue weighted by Gasteiger charge is 2.28. The monoisotopic (exact) mass is 194 g/mol. The van der Waals surface area contributed by atoms with E-state index in [0.717, 1.165) is 18.8 Å². The Balaban J connectivity index is 2.23. The van der Waals surface area contributed by atoms with Crippen LogP contribution in [0.1, 0.15) is 52.4 Å². The van der Waals surface area contributed by atoms with Crippen molar-refractivity contribution in [2.75, 3.05) is 0 Å². The summed E-state index contributed by atoms with van der Waals surface area (Å²) in [6.07, 6.45) is 6.66. The van der Waals surface area contributed by atoms with Gasteiger partial charge < -0.3 is 5.11 Å². The third-order valence-corrected chi connectivity index (χ3v) is 3.45. The van der Waals surface area contributed by atoms with Gasteiger partial charge >= 0.3 is 0 Å². The van der Waals surface area contributed by atoms with Gasteiger partial charge in [0.15, 0.2) is 0 Å². The van der Waals surface area contributed by atoms with Crippen LogP contribution in [0.2, 0.25) is 0 Å². The van der Waals surface area contributed by atoms with Gasteiger partial charge in [-0.2, -0.15) is 0 Å². The molecule has 1 rings (SSSR count). The molecule has 0 aromatic heterocycles. The maximum Gasteiger partial charge on any atom is 0.0577 e. The van der Waals surface area contributed by atoms with Crippen LogP contribution in [-0.2, 0) is 0 Å². The van der Waals surface area contributed by atoms with Gasteiger partial charge in [0, 0.05) is 6.42 Å². The van der Waals surface area contributed by atoms with Crippen molar-refractivity contribution in [1.82, 2.24) is 0 Å². The molecule has 1 heteroatoms. The molecule has 1 aliphatic carbocycles. The van der Waals surface area contributed by atoms with Gasteiger partial charge in [0.1, 0.15) is 0 Å². The predicted octanol–water partition coefficient (Wildman–Crippen LogP) is 2.98. The van der Waals surface area contributed by atoms with Gasteiger partial charge in [-0.15, -0.1) is 11.8 Å². The molecule has 0 aromatic carbocycles. The average Bonchev–Trinajstić information content (AvgIpc) is 2.66. The van der Waals surface area contributed by atoms with E-state index in [9.17, 15) is 5.11 Å². The van der Waals surface area contributed by atoms with E-state index in [1.165, 1.54) is 25.7 Å². The first kappa shape index (κ1) is 11.6. The molecule has 0 radical (unpaired) electrons. The molecule has 1 nitrogen and oxygen atoms in total. The van der Waals surface area contributed by atoms with E-state index in [-0.39, 0.29) is 6.10 Å². The number of rotatable bonds is 4. The van der Waals surface area contributed by atoms with E-state index >= 15 is 0 Å². The normalized spacial score (nSPS) is 28.2.